The van der Waals surface area contributed by atoms with E-state index in [4.69, 9.17) is 0 Å². The molecule has 0 aliphatic heterocycles. The van der Waals surface area contributed by atoms with E-state index >= 15 is 0 Å². The van der Waals surface area contributed by atoms with E-state index in [-0.39, 0.29) is 18.9 Å². The van der Waals surface area contributed by atoms with E-state index in [0.29, 0.717) is 6.54 Å². The predicted molar refractivity (Wildman–Crippen MR) is 79.3 cm³/mol. The Morgan fingerprint density at radius 1 is 0.818 bits per heavy atom. The molecule has 0 fully saturated rings. The van der Waals surface area contributed by atoms with E-state index in [0.717, 1.165) is 19.3 Å². The van der Waals surface area contributed by atoms with Crippen molar-refractivity contribution in [2.24, 2.45) is 0 Å². The van der Waals surface area contributed by atoms with E-state index in [1.807, 2.05) is 0 Å². The molecule has 0 aromatic rings. The highest BCUT2D eigenvalue weighted by molar-refractivity contribution is 5.82. The lowest BCUT2D eigenvalue weighted by Gasteiger charge is -2.08. The monoisotopic (exact) mass is 324 g/mol. The number of carbonyl (C=O) groups excluding carboxylic acids is 2. The van der Waals surface area contributed by atoms with E-state index < -0.39 is 12.1 Å². The van der Waals surface area contributed by atoms with E-state index in [2.05, 4.69) is 12.2 Å². The van der Waals surface area contributed by atoms with Crippen LogP contribution >= 0.6 is 0 Å². The summed E-state index contributed by atoms with van der Waals surface area (Å²) in [4.78, 5) is 21.8. The SMILES string of the molecule is CCCCCCCCCCNC(=O)CCNC(=O)C(F)(F)F. The predicted octanol–water partition coefficient (Wildman–Crippen LogP) is 3.31. The van der Waals surface area contributed by atoms with Gasteiger partial charge < -0.3 is 10.6 Å². The number of unbranched alkanes of at least 4 members (excludes halogenated alkanes) is 7. The topological polar surface area (TPSA) is 58.2 Å². The number of alkyl halides is 3. The van der Waals surface area contributed by atoms with Gasteiger partial charge in [0.15, 0.2) is 0 Å². The van der Waals surface area contributed by atoms with Gasteiger partial charge in [0.1, 0.15) is 0 Å². The minimum Gasteiger partial charge on any atom is -0.356 e. The molecule has 0 spiro atoms. The Kier molecular flexibility index (Phi) is 11.6. The summed E-state index contributed by atoms with van der Waals surface area (Å²) in [5, 5.41) is 4.30. The van der Waals surface area contributed by atoms with Gasteiger partial charge in [-0.05, 0) is 6.42 Å². The highest BCUT2D eigenvalue weighted by Crippen LogP contribution is 2.13. The molecule has 7 heteroatoms. The van der Waals surface area contributed by atoms with Gasteiger partial charge in [0.05, 0.1) is 0 Å². The van der Waals surface area contributed by atoms with Crippen molar-refractivity contribution in [1.82, 2.24) is 10.6 Å². The molecule has 0 aliphatic rings. The molecular weight excluding hydrogens is 297 g/mol. The van der Waals surface area contributed by atoms with Crippen LogP contribution in [0, 0.1) is 0 Å². The third kappa shape index (κ3) is 12.5. The van der Waals surface area contributed by atoms with Crippen molar-refractivity contribution in [2.45, 2.75) is 70.9 Å². The first-order valence-electron chi connectivity index (χ1n) is 7.99. The van der Waals surface area contributed by atoms with Crippen molar-refractivity contribution in [2.75, 3.05) is 13.1 Å². The molecule has 0 saturated heterocycles. The summed E-state index contributed by atoms with van der Waals surface area (Å²) in [5.74, 6) is -2.35. The molecule has 0 aliphatic carbocycles. The summed E-state index contributed by atoms with van der Waals surface area (Å²) < 4.78 is 35.6. The van der Waals surface area contributed by atoms with Crippen LogP contribution in [0.5, 0.6) is 0 Å². The maximum absolute atomic E-state index is 11.9. The first kappa shape index (κ1) is 20.7. The molecule has 0 unspecified atom stereocenters. The fourth-order valence-corrected chi connectivity index (χ4v) is 1.96. The van der Waals surface area contributed by atoms with Gasteiger partial charge in [-0.15, -0.1) is 0 Å². The van der Waals surface area contributed by atoms with Gasteiger partial charge in [-0.3, -0.25) is 9.59 Å². The van der Waals surface area contributed by atoms with E-state index in [9.17, 15) is 22.8 Å². The normalized spacial score (nSPS) is 11.3. The molecule has 0 radical (unpaired) electrons. The zero-order valence-electron chi connectivity index (χ0n) is 13.2. The van der Waals surface area contributed by atoms with Crippen LogP contribution in [0.4, 0.5) is 13.2 Å². The lowest BCUT2D eigenvalue weighted by atomic mass is 10.1. The van der Waals surface area contributed by atoms with Crippen molar-refractivity contribution < 1.29 is 22.8 Å². The molecule has 0 aromatic carbocycles. The maximum Gasteiger partial charge on any atom is 0.471 e. The van der Waals surface area contributed by atoms with Crippen LogP contribution in [0.2, 0.25) is 0 Å². The van der Waals surface area contributed by atoms with Crippen molar-refractivity contribution >= 4 is 11.8 Å². The molecule has 0 heterocycles. The summed E-state index contributed by atoms with van der Waals surface area (Å²) in [7, 11) is 0. The van der Waals surface area contributed by atoms with Crippen molar-refractivity contribution in [3.8, 4) is 0 Å². The minimum absolute atomic E-state index is 0.140. The highest BCUT2D eigenvalue weighted by atomic mass is 19.4. The summed E-state index contributed by atoms with van der Waals surface area (Å²) >= 11 is 0. The molecule has 0 saturated carbocycles. The van der Waals surface area contributed by atoms with Gasteiger partial charge in [-0.25, -0.2) is 0 Å². The summed E-state index contributed by atoms with van der Waals surface area (Å²) in [6.45, 7) is 2.40. The van der Waals surface area contributed by atoms with Crippen LogP contribution in [-0.4, -0.2) is 31.1 Å². The Morgan fingerprint density at radius 3 is 1.91 bits per heavy atom. The standard InChI is InChI=1S/C15H27F3N2O2/c1-2-3-4-5-6-7-8-9-11-19-13(21)10-12-20-14(22)15(16,17)18/h2-12H2,1H3,(H,19,21)(H,20,22). The Hall–Kier alpha value is -1.27. The largest absolute Gasteiger partial charge is 0.471 e. The quantitative estimate of drug-likeness (QED) is 0.541. The van der Waals surface area contributed by atoms with Crippen LogP contribution in [0.15, 0.2) is 0 Å². The molecule has 0 bridgehead atoms. The van der Waals surface area contributed by atoms with Crippen molar-refractivity contribution in [3.05, 3.63) is 0 Å². The first-order chi connectivity index (χ1) is 10.4. The Bertz CT molecular complexity index is 320. The number of hydrogen-bond acceptors (Lipinski definition) is 2. The second kappa shape index (κ2) is 12.3. The van der Waals surface area contributed by atoms with E-state index in [1.165, 1.54) is 32.1 Å². The van der Waals surface area contributed by atoms with Gasteiger partial charge in [0.25, 0.3) is 0 Å². The molecule has 0 atom stereocenters. The summed E-state index contributed by atoms with van der Waals surface area (Å²) in [6, 6.07) is 0. The summed E-state index contributed by atoms with van der Waals surface area (Å²) in [5.41, 5.74) is 0. The Morgan fingerprint density at radius 2 is 1.36 bits per heavy atom. The average molecular weight is 324 g/mol. The number of rotatable bonds is 12. The van der Waals surface area contributed by atoms with Crippen LogP contribution in [-0.2, 0) is 9.59 Å². The molecule has 0 rings (SSSR count). The van der Waals surface area contributed by atoms with E-state index in [1.54, 1.807) is 5.32 Å². The number of carbonyl (C=O) groups is 2. The molecule has 22 heavy (non-hydrogen) atoms. The van der Waals surface area contributed by atoms with Gasteiger partial charge >= 0.3 is 12.1 Å². The van der Waals surface area contributed by atoms with Crippen LogP contribution < -0.4 is 10.6 Å². The maximum atomic E-state index is 11.9. The van der Waals surface area contributed by atoms with Gasteiger partial charge in [0.2, 0.25) is 5.91 Å². The fraction of sp³-hybridized carbons (Fsp3) is 0.867. The molecule has 0 aromatic heterocycles. The molecular formula is C15H27F3N2O2. The number of halogens is 3. The Labute approximate surface area is 130 Å². The number of amides is 2. The fourth-order valence-electron chi connectivity index (χ4n) is 1.96. The molecule has 2 N–H and O–H groups in total. The molecule has 4 nitrogen and oxygen atoms in total. The number of nitrogens with one attached hydrogen (secondary N) is 2. The zero-order chi connectivity index (χ0) is 16.8. The second-order valence-electron chi connectivity index (χ2n) is 5.33. The third-order valence-corrected chi connectivity index (χ3v) is 3.25. The smallest absolute Gasteiger partial charge is 0.356 e. The lowest BCUT2D eigenvalue weighted by Crippen LogP contribution is -2.39. The molecule has 2 amide bonds. The second-order valence-corrected chi connectivity index (χ2v) is 5.33. The zero-order valence-corrected chi connectivity index (χ0v) is 13.2. The van der Waals surface area contributed by atoms with Crippen LogP contribution in [0.1, 0.15) is 64.7 Å². The average Bonchev–Trinajstić information content (AvgIpc) is 2.44. The number of hydrogen-bond donors (Lipinski definition) is 2. The summed E-state index contributed by atoms with van der Waals surface area (Å²) in [6.07, 6.45) is 4.25. The Balaban J connectivity index is 3.38. The minimum atomic E-state index is -4.90. The van der Waals surface area contributed by atoms with Gasteiger partial charge in [0, 0.05) is 19.5 Å². The van der Waals surface area contributed by atoms with Crippen LogP contribution in [0.25, 0.3) is 0 Å². The lowest BCUT2D eigenvalue weighted by molar-refractivity contribution is -0.173. The van der Waals surface area contributed by atoms with Gasteiger partial charge in [-0.2, -0.15) is 13.2 Å². The van der Waals surface area contributed by atoms with Crippen molar-refractivity contribution in [1.29, 1.82) is 0 Å². The first-order valence-corrected chi connectivity index (χ1v) is 7.99. The van der Waals surface area contributed by atoms with Gasteiger partial charge in [-0.1, -0.05) is 51.9 Å². The third-order valence-electron chi connectivity index (χ3n) is 3.25. The highest BCUT2D eigenvalue weighted by Gasteiger charge is 2.38. The van der Waals surface area contributed by atoms with Crippen LogP contribution in [0.3, 0.4) is 0 Å². The molecule has 130 valence electrons. The van der Waals surface area contributed by atoms with Crippen molar-refractivity contribution in [3.63, 3.8) is 0 Å².